The SMILES string of the molecule is CCCCCCC/C=C\C/C=C\CCCCCCCCCCCCCC(=O)OC(COC(=O)CCCCCCCCCCCCCCCCC)COC1OC(COC2OC(CO)C(O)C(O)C2O)C(O)C(O)C1O. The van der Waals surface area contributed by atoms with Crippen LogP contribution in [0.5, 0.6) is 0 Å². The van der Waals surface area contributed by atoms with Crippen molar-refractivity contribution in [2.75, 3.05) is 26.4 Å². The monoisotopic (exact) mass is 1060 g/mol. The summed E-state index contributed by atoms with van der Waals surface area (Å²) in [6.45, 7) is 2.62. The number of allylic oxidation sites excluding steroid dienone is 4. The Hall–Kier alpha value is -2.02. The van der Waals surface area contributed by atoms with Gasteiger partial charge in [0.2, 0.25) is 0 Å². The Morgan fingerprint density at radius 2 is 0.811 bits per heavy atom. The number of ether oxygens (including phenoxy) is 6. The molecule has 0 aliphatic carbocycles. The van der Waals surface area contributed by atoms with Gasteiger partial charge in [-0.05, 0) is 44.9 Å². The molecule has 0 radical (unpaired) electrons. The fraction of sp³-hybridized carbons (Fsp3) is 0.898. The molecule has 0 amide bonds. The van der Waals surface area contributed by atoms with Crippen molar-refractivity contribution in [1.82, 2.24) is 0 Å². The van der Waals surface area contributed by atoms with Crippen molar-refractivity contribution >= 4 is 11.9 Å². The topological polar surface area (TPSA) is 231 Å². The molecule has 0 bridgehead atoms. The standard InChI is InChI=1S/C59H108O15/c1-3-5-7-9-11-13-15-17-19-20-21-22-23-24-25-26-28-30-32-34-36-38-40-42-51(62)72-47(44-69-50(61)41-39-37-35-33-31-29-27-18-16-14-12-10-8-6-4-2)45-70-58-57(68)55(66)53(64)49(74-58)46-71-59-56(67)54(65)52(63)48(43-60)73-59/h15,17,20-21,47-49,52-60,63-68H,3-14,16,18-19,22-46H2,1-2H3/b17-15-,21-20-. The third-order valence-corrected chi connectivity index (χ3v) is 14.4. The molecule has 2 rings (SSSR count). The molecular formula is C59H108O15. The van der Waals surface area contributed by atoms with Gasteiger partial charge in [0, 0.05) is 12.8 Å². The minimum absolute atomic E-state index is 0.166. The molecule has 0 spiro atoms. The summed E-state index contributed by atoms with van der Waals surface area (Å²) in [6, 6.07) is 0. The number of aliphatic hydroxyl groups excluding tert-OH is 7. The Labute approximate surface area is 447 Å². The van der Waals surface area contributed by atoms with Crippen LogP contribution in [0.2, 0.25) is 0 Å². The number of hydrogen-bond acceptors (Lipinski definition) is 15. The quantitative estimate of drug-likeness (QED) is 0.0171. The van der Waals surface area contributed by atoms with Gasteiger partial charge in [-0.15, -0.1) is 0 Å². The van der Waals surface area contributed by atoms with Crippen LogP contribution in [0.15, 0.2) is 24.3 Å². The van der Waals surface area contributed by atoms with E-state index < -0.39 is 92.7 Å². The first kappa shape index (κ1) is 68.1. The fourth-order valence-corrected chi connectivity index (χ4v) is 9.54. The predicted molar refractivity (Wildman–Crippen MR) is 289 cm³/mol. The van der Waals surface area contributed by atoms with Crippen molar-refractivity contribution in [2.45, 2.75) is 313 Å². The summed E-state index contributed by atoms with van der Waals surface area (Å²) in [5.74, 6) is -0.914. The lowest BCUT2D eigenvalue weighted by atomic mass is 9.98. The maximum atomic E-state index is 13.1. The van der Waals surface area contributed by atoms with Crippen LogP contribution in [-0.2, 0) is 38.0 Å². The summed E-state index contributed by atoms with van der Waals surface area (Å²) in [5, 5.41) is 72.3. The van der Waals surface area contributed by atoms with E-state index in [9.17, 15) is 45.3 Å². The molecule has 2 saturated heterocycles. The molecule has 15 nitrogen and oxygen atoms in total. The zero-order valence-corrected chi connectivity index (χ0v) is 46.3. The minimum atomic E-state index is -1.76. The van der Waals surface area contributed by atoms with Crippen molar-refractivity contribution < 1.29 is 73.8 Å². The van der Waals surface area contributed by atoms with Gasteiger partial charge >= 0.3 is 11.9 Å². The Bertz CT molecular complexity index is 1380. The van der Waals surface area contributed by atoms with Gasteiger partial charge in [0.25, 0.3) is 0 Å². The zero-order chi connectivity index (χ0) is 53.9. The second-order valence-corrected chi connectivity index (χ2v) is 21.2. The van der Waals surface area contributed by atoms with Gasteiger partial charge in [-0.25, -0.2) is 0 Å². The molecule has 11 atom stereocenters. The summed E-state index contributed by atoms with van der Waals surface area (Å²) in [6.07, 6.45) is 33.4. The van der Waals surface area contributed by atoms with Crippen LogP contribution in [0.4, 0.5) is 0 Å². The summed E-state index contributed by atoms with van der Waals surface area (Å²) >= 11 is 0. The van der Waals surface area contributed by atoms with Crippen LogP contribution in [-0.4, -0.2) is 142 Å². The number of hydrogen-bond donors (Lipinski definition) is 7. The first-order valence-corrected chi connectivity index (χ1v) is 29.9. The number of rotatable bonds is 48. The molecule has 0 saturated carbocycles. The summed E-state index contributed by atoms with van der Waals surface area (Å²) in [5.41, 5.74) is 0. The first-order valence-electron chi connectivity index (χ1n) is 29.9. The van der Waals surface area contributed by atoms with Gasteiger partial charge in [-0.1, -0.05) is 212 Å². The highest BCUT2D eigenvalue weighted by Gasteiger charge is 2.47. The van der Waals surface area contributed by atoms with Gasteiger partial charge in [-0.3, -0.25) is 9.59 Å². The van der Waals surface area contributed by atoms with Crippen molar-refractivity contribution in [3.05, 3.63) is 24.3 Å². The van der Waals surface area contributed by atoms with Crippen molar-refractivity contribution in [3.63, 3.8) is 0 Å². The third-order valence-electron chi connectivity index (χ3n) is 14.4. The molecule has 74 heavy (non-hydrogen) atoms. The molecule has 15 heteroatoms. The average molecular weight is 1060 g/mol. The predicted octanol–water partition coefficient (Wildman–Crippen LogP) is 10.3. The van der Waals surface area contributed by atoms with Crippen LogP contribution in [0.3, 0.4) is 0 Å². The van der Waals surface area contributed by atoms with E-state index in [0.29, 0.717) is 12.8 Å². The Morgan fingerprint density at radius 1 is 0.432 bits per heavy atom. The lowest BCUT2D eigenvalue weighted by molar-refractivity contribution is -0.332. The molecule has 2 heterocycles. The van der Waals surface area contributed by atoms with Gasteiger partial charge in [0.15, 0.2) is 18.7 Å². The largest absolute Gasteiger partial charge is 0.462 e. The minimum Gasteiger partial charge on any atom is -0.462 e. The summed E-state index contributed by atoms with van der Waals surface area (Å²) in [7, 11) is 0. The van der Waals surface area contributed by atoms with Crippen molar-refractivity contribution in [2.24, 2.45) is 0 Å². The number of unbranched alkanes of at least 4 members (excludes halogenated alkanes) is 30. The molecule has 434 valence electrons. The van der Waals surface area contributed by atoms with Gasteiger partial charge in [-0.2, -0.15) is 0 Å². The number of esters is 2. The normalized spacial score (nSPS) is 24.8. The molecule has 0 aromatic heterocycles. The highest BCUT2D eigenvalue weighted by molar-refractivity contribution is 5.70. The van der Waals surface area contributed by atoms with E-state index in [4.69, 9.17) is 28.4 Å². The highest BCUT2D eigenvalue weighted by atomic mass is 16.7. The van der Waals surface area contributed by atoms with E-state index in [0.717, 1.165) is 51.4 Å². The van der Waals surface area contributed by atoms with E-state index >= 15 is 0 Å². The van der Waals surface area contributed by atoms with Crippen LogP contribution in [0, 0.1) is 0 Å². The second kappa shape index (κ2) is 45.9. The maximum absolute atomic E-state index is 13.1. The molecule has 2 aliphatic heterocycles. The lowest BCUT2D eigenvalue weighted by Crippen LogP contribution is -2.61. The molecule has 7 N–H and O–H groups in total. The second-order valence-electron chi connectivity index (χ2n) is 21.2. The number of aliphatic hydroxyl groups is 7. The Kier molecular flexibility index (Phi) is 42.3. The van der Waals surface area contributed by atoms with Gasteiger partial charge in [0.05, 0.1) is 19.8 Å². The summed E-state index contributed by atoms with van der Waals surface area (Å²) < 4.78 is 33.7. The third kappa shape index (κ3) is 32.7. The van der Waals surface area contributed by atoms with E-state index in [2.05, 4.69) is 38.2 Å². The van der Waals surface area contributed by atoms with E-state index in [-0.39, 0.29) is 26.1 Å². The molecule has 2 aliphatic rings. The zero-order valence-electron chi connectivity index (χ0n) is 46.3. The summed E-state index contributed by atoms with van der Waals surface area (Å²) in [4.78, 5) is 25.9. The molecular weight excluding hydrogens is 949 g/mol. The van der Waals surface area contributed by atoms with E-state index in [1.54, 1.807) is 0 Å². The van der Waals surface area contributed by atoms with Crippen LogP contribution >= 0.6 is 0 Å². The first-order chi connectivity index (χ1) is 36.0. The van der Waals surface area contributed by atoms with E-state index in [1.807, 2.05) is 0 Å². The van der Waals surface area contributed by atoms with Crippen LogP contribution in [0.1, 0.15) is 245 Å². The molecule has 11 unspecified atom stereocenters. The van der Waals surface area contributed by atoms with Gasteiger partial charge < -0.3 is 64.2 Å². The maximum Gasteiger partial charge on any atom is 0.306 e. The highest BCUT2D eigenvalue weighted by Crippen LogP contribution is 2.27. The fourth-order valence-electron chi connectivity index (χ4n) is 9.54. The number of carbonyl (C=O) groups is 2. The van der Waals surface area contributed by atoms with Crippen LogP contribution < -0.4 is 0 Å². The Balaban J connectivity index is 1.73. The van der Waals surface area contributed by atoms with E-state index in [1.165, 1.54) is 154 Å². The lowest BCUT2D eigenvalue weighted by Gasteiger charge is -2.42. The Morgan fingerprint density at radius 3 is 1.26 bits per heavy atom. The van der Waals surface area contributed by atoms with Crippen molar-refractivity contribution in [1.29, 1.82) is 0 Å². The molecule has 0 aromatic carbocycles. The average Bonchev–Trinajstić information content (AvgIpc) is 3.39. The number of carbonyl (C=O) groups excluding carboxylic acids is 2. The van der Waals surface area contributed by atoms with Crippen LogP contribution in [0.25, 0.3) is 0 Å². The van der Waals surface area contributed by atoms with Crippen molar-refractivity contribution in [3.8, 4) is 0 Å². The smallest absolute Gasteiger partial charge is 0.306 e. The van der Waals surface area contributed by atoms with Gasteiger partial charge in [0.1, 0.15) is 55.4 Å². The molecule has 0 aromatic rings. The molecule has 2 fully saturated rings.